The molecule has 0 aromatic rings. The van der Waals surface area contributed by atoms with Crippen LogP contribution in [0.25, 0.3) is 0 Å². The van der Waals surface area contributed by atoms with Gasteiger partial charge < -0.3 is 4.79 Å². The second-order valence-electron chi connectivity index (χ2n) is 3.94. The molecule has 2 nitrogen and oxygen atoms in total. The highest BCUT2D eigenvalue weighted by Crippen LogP contribution is 2.16. The normalized spacial score (nSPS) is 21.3. The molecule has 1 atom stereocenters. The van der Waals surface area contributed by atoms with Crippen LogP contribution in [0.5, 0.6) is 0 Å². The molecular formula is C11H21NO. The molecule has 1 fully saturated rings. The largest absolute Gasteiger partial charge is 0.303 e. The highest BCUT2D eigenvalue weighted by molar-refractivity contribution is 5.50. The van der Waals surface area contributed by atoms with E-state index in [-0.39, 0.29) is 0 Å². The summed E-state index contributed by atoms with van der Waals surface area (Å²) in [5, 5.41) is 0. The van der Waals surface area contributed by atoms with Crippen LogP contribution in [0.3, 0.4) is 0 Å². The average Bonchev–Trinajstić information content (AvgIpc) is 2.19. The van der Waals surface area contributed by atoms with Crippen molar-refractivity contribution >= 4 is 6.29 Å². The molecule has 0 aliphatic carbocycles. The summed E-state index contributed by atoms with van der Waals surface area (Å²) in [5.74, 6) is 0. The lowest BCUT2D eigenvalue weighted by Crippen LogP contribution is -2.39. The maximum Gasteiger partial charge on any atom is 0.121 e. The van der Waals surface area contributed by atoms with E-state index in [1.54, 1.807) is 0 Å². The summed E-state index contributed by atoms with van der Waals surface area (Å²) in [5.41, 5.74) is 0. The standard InChI is InChI=1S/C11H21NO/c1-2-6-11(7-10-13)12-8-4-3-5-9-12/h10-11H,2-9H2,1H3. The molecule has 0 N–H and O–H groups in total. The van der Waals surface area contributed by atoms with Crippen molar-refractivity contribution in [2.45, 2.75) is 51.5 Å². The second kappa shape index (κ2) is 6.14. The van der Waals surface area contributed by atoms with E-state index in [1.807, 2.05) is 0 Å². The Bertz CT molecular complexity index is 141. The number of likely N-dealkylation sites (tertiary alicyclic amines) is 1. The molecule has 1 heterocycles. The fraction of sp³-hybridized carbons (Fsp3) is 0.909. The number of hydrogen-bond acceptors (Lipinski definition) is 2. The van der Waals surface area contributed by atoms with Crippen LogP contribution in [0.4, 0.5) is 0 Å². The lowest BCUT2D eigenvalue weighted by Gasteiger charge is -2.33. The van der Waals surface area contributed by atoms with E-state index in [1.165, 1.54) is 45.2 Å². The second-order valence-corrected chi connectivity index (χ2v) is 3.94. The van der Waals surface area contributed by atoms with Gasteiger partial charge in [0.25, 0.3) is 0 Å². The molecular weight excluding hydrogens is 162 g/mol. The minimum atomic E-state index is 0.530. The van der Waals surface area contributed by atoms with Crippen LogP contribution < -0.4 is 0 Å². The first kappa shape index (κ1) is 10.7. The van der Waals surface area contributed by atoms with Crippen molar-refractivity contribution in [3.8, 4) is 0 Å². The summed E-state index contributed by atoms with van der Waals surface area (Å²) < 4.78 is 0. The summed E-state index contributed by atoms with van der Waals surface area (Å²) in [7, 11) is 0. The molecule has 1 saturated heterocycles. The Hall–Kier alpha value is -0.370. The molecule has 1 unspecified atom stereocenters. The van der Waals surface area contributed by atoms with Crippen molar-refractivity contribution in [2.24, 2.45) is 0 Å². The van der Waals surface area contributed by atoms with Gasteiger partial charge in [0.05, 0.1) is 0 Å². The van der Waals surface area contributed by atoms with Crippen molar-refractivity contribution in [2.75, 3.05) is 13.1 Å². The average molecular weight is 183 g/mol. The molecule has 0 amide bonds. The Labute approximate surface area is 81.3 Å². The van der Waals surface area contributed by atoms with Crippen molar-refractivity contribution in [3.05, 3.63) is 0 Å². The van der Waals surface area contributed by atoms with Gasteiger partial charge in [0.1, 0.15) is 6.29 Å². The summed E-state index contributed by atoms with van der Waals surface area (Å²) in [4.78, 5) is 13.0. The monoisotopic (exact) mass is 183 g/mol. The molecule has 2 heteroatoms. The Kier molecular flexibility index (Phi) is 5.06. The fourth-order valence-corrected chi connectivity index (χ4v) is 2.18. The van der Waals surface area contributed by atoms with E-state index in [0.717, 1.165) is 12.7 Å². The smallest absolute Gasteiger partial charge is 0.121 e. The summed E-state index contributed by atoms with van der Waals surface area (Å²) in [6.07, 6.45) is 8.19. The molecule has 0 bridgehead atoms. The zero-order chi connectivity index (χ0) is 9.52. The SMILES string of the molecule is CCCC(CC=O)N1CCCCC1. The van der Waals surface area contributed by atoms with E-state index in [9.17, 15) is 4.79 Å². The predicted molar refractivity (Wildman–Crippen MR) is 54.8 cm³/mol. The van der Waals surface area contributed by atoms with Crippen LogP contribution in [0.2, 0.25) is 0 Å². The van der Waals surface area contributed by atoms with E-state index < -0.39 is 0 Å². The number of hydrogen-bond donors (Lipinski definition) is 0. The van der Waals surface area contributed by atoms with Crippen molar-refractivity contribution in [1.82, 2.24) is 4.90 Å². The summed E-state index contributed by atoms with van der Waals surface area (Å²) in [6.45, 7) is 4.61. The number of piperidine rings is 1. The minimum absolute atomic E-state index is 0.530. The van der Waals surface area contributed by atoms with E-state index in [0.29, 0.717) is 6.04 Å². The van der Waals surface area contributed by atoms with Crippen molar-refractivity contribution < 1.29 is 4.79 Å². The van der Waals surface area contributed by atoms with Gasteiger partial charge in [-0.25, -0.2) is 0 Å². The Morgan fingerprint density at radius 2 is 2.00 bits per heavy atom. The first-order chi connectivity index (χ1) is 6.38. The number of aldehydes is 1. The minimum Gasteiger partial charge on any atom is -0.303 e. The van der Waals surface area contributed by atoms with Gasteiger partial charge in [0, 0.05) is 12.5 Å². The molecule has 0 aromatic carbocycles. The quantitative estimate of drug-likeness (QED) is 0.609. The molecule has 1 rings (SSSR count). The van der Waals surface area contributed by atoms with Crippen LogP contribution in [-0.4, -0.2) is 30.3 Å². The number of rotatable bonds is 5. The fourth-order valence-electron chi connectivity index (χ4n) is 2.18. The van der Waals surface area contributed by atoms with E-state index in [2.05, 4.69) is 11.8 Å². The first-order valence-corrected chi connectivity index (χ1v) is 5.56. The zero-order valence-corrected chi connectivity index (χ0v) is 8.67. The van der Waals surface area contributed by atoms with Gasteiger partial charge in [0.15, 0.2) is 0 Å². The van der Waals surface area contributed by atoms with Gasteiger partial charge in [-0.05, 0) is 32.4 Å². The third-order valence-corrected chi connectivity index (χ3v) is 2.90. The van der Waals surface area contributed by atoms with E-state index in [4.69, 9.17) is 0 Å². The number of carbonyl (C=O) groups excluding carboxylic acids is 1. The Balaban J connectivity index is 2.36. The lowest BCUT2D eigenvalue weighted by molar-refractivity contribution is -0.109. The summed E-state index contributed by atoms with van der Waals surface area (Å²) >= 11 is 0. The number of carbonyl (C=O) groups is 1. The molecule has 1 aliphatic rings. The lowest BCUT2D eigenvalue weighted by atomic mass is 10.0. The van der Waals surface area contributed by atoms with Gasteiger partial charge in [-0.2, -0.15) is 0 Å². The topological polar surface area (TPSA) is 20.3 Å². The van der Waals surface area contributed by atoms with Gasteiger partial charge >= 0.3 is 0 Å². The molecule has 0 spiro atoms. The van der Waals surface area contributed by atoms with Gasteiger partial charge in [-0.15, -0.1) is 0 Å². The third-order valence-electron chi connectivity index (χ3n) is 2.90. The molecule has 0 saturated carbocycles. The van der Waals surface area contributed by atoms with E-state index >= 15 is 0 Å². The van der Waals surface area contributed by atoms with Crippen molar-refractivity contribution in [1.29, 1.82) is 0 Å². The maximum atomic E-state index is 10.5. The molecule has 13 heavy (non-hydrogen) atoms. The van der Waals surface area contributed by atoms with Crippen LogP contribution in [0.15, 0.2) is 0 Å². The highest BCUT2D eigenvalue weighted by Gasteiger charge is 2.18. The number of nitrogens with zero attached hydrogens (tertiary/aromatic N) is 1. The zero-order valence-electron chi connectivity index (χ0n) is 8.67. The van der Waals surface area contributed by atoms with Crippen LogP contribution in [-0.2, 0) is 4.79 Å². The Morgan fingerprint density at radius 1 is 1.31 bits per heavy atom. The van der Waals surface area contributed by atoms with Gasteiger partial charge in [-0.1, -0.05) is 19.8 Å². The molecule has 1 aliphatic heterocycles. The van der Waals surface area contributed by atoms with Crippen molar-refractivity contribution in [3.63, 3.8) is 0 Å². The highest BCUT2D eigenvalue weighted by atomic mass is 16.1. The molecule has 76 valence electrons. The predicted octanol–water partition coefficient (Wildman–Crippen LogP) is 2.23. The van der Waals surface area contributed by atoms with Crippen LogP contribution >= 0.6 is 0 Å². The van der Waals surface area contributed by atoms with Gasteiger partial charge in [0.2, 0.25) is 0 Å². The van der Waals surface area contributed by atoms with Crippen LogP contribution in [0, 0.1) is 0 Å². The van der Waals surface area contributed by atoms with Gasteiger partial charge in [-0.3, -0.25) is 4.90 Å². The third kappa shape index (κ3) is 3.47. The molecule has 0 aromatic heterocycles. The first-order valence-electron chi connectivity index (χ1n) is 5.56. The summed E-state index contributed by atoms with van der Waals surface area (Å²) in [6, 6.07) is 0.530. The Morgan fingerprint density at radius 3 is 2.54 bits per heavy atom. The molecule has 0 radical (unpaired) electrons. The van der Waals surface area contributed by atoms with Crippen LogP contribution in [0.1, 0.15) is 45.4 Å². The maximum absolute atomic E-state index is 10.5.